The van der Waals surface area contributed by atoms with Gasteiger partial charge in [0.15, 0.2) is 0 Å². The summed E-state index contributed by atoms with van der Waals surface area (Å²) in [6.45, 7) is 2.92. The van der Waals surface area contributed by atoms with Crippen LogP contribution in [-0.2, 0) is 0 Å². The zero-order valence-electron chi connectivity index (χ0n) is 8.00. The van der Waals surface area contributed by atoms with Crippen LogP contribution in [-0.4, -0.2) is 6.54 Å². The van der Waals surface area contributed by atoms with E-state index in [4.69, 9.17) is 11.6 Å². The Morgan fingerprint density at radius 2 is 2.07 bits per heavy atom. The van der Waals surface area contributed by atoms with E-state index in [1.807, 2.05) is 18.2 Å². The maximum atomic E-state index is 5.43. The quantitative estimate of drug-likeness (QED) is 0.879. The molecule has 0 unspecified atom stereocenters. The van der Waals surface area contributed by atoms with Gasteiger partial charge in [0, 0.05) is 22.6 Å². The van der Waals surface area contributed by atoms with Gasteiger partial charge in [-0.2, -0.15) is 0 Å². The molecule has 1 rings (SSSR count). The summed E-state index contributed by atoms with van der Waals surface area (Å²) in [5, 5.41) is 3.33. The van der Waals surface area contributed by atoms with Crippen molar-refractivity contribution >= 4 is 27.5 Å². The largest absolute Gasteiger partial charge is 0.307 e. The van der Waals surface area contributed by atoms with Gasteiger partial charge in [-0.3, -0.25) is 0 Å². The topological polar surface area (TPSA) is 12.0 Å². The van der Waals surface area contributed by atoms with Crippen molar-refractivity contribution in [1.82, 2.24) is 5.32 Å². The average molecular weight is 275 g/mol. The van der Waals surface area contributed by atoms with Crippen molar-refractivity contribution in [1.29, 1.82) is 0 Å². The number of hydrogen-bond acceptors (Lipinski definition) is 1. The predicted molar refractivity (Wildman–Crippen MR) is 65.6 cm³/mol. The third-order valence-corrected chi connectivity index (χ3v) is 2.71. The van der Waals surface area contributed by atoms with Crippen LogP contribution in [0.2, 0.25) is 0 Å². The lowest BCUT2D eigenvalue weighted by atomic mass is 10.1. The second kappa shape index (κ2) is 6.23. The molecule has 0 saturated heterocycles. The van der Waals surface area contributed by atoms with Crippen LogP contribution in [0.15, 0.2) is 40.3 Å². The Morgan fingerprint density at radius 3 is 2.64 bits per heavy atom. The standard InChI is InChI=1S/C11H13BrClN/c1-9(14-8-2-7-13)10-3-5-11(12)6-4-10/h2-7,9,14H,8H2,1H3/b7-2+/t9-/m1/s1. The van der Waals surface area contributed by atoms with Gasteiger partial charge >= 0.3 is 0 Å². The fraction of sp³-hybridized carbons (Fsp3) is 0.273. The van der Waals surface area contributed by atoms with Gasteiger partial charge in [-0.25, -0.2) is 0 Å². The number of halogens is 2. The van der Waals surface area contributed by atoms with E-state index in [1.54, 1.807) is 0 Å². The van der Waals surface area contributed by atoms with E-state index < -0.39 is 0 Å². The third kappa shape index (κ3) is 3.82. The molecule has 0 fully saturated rings. The maximum Gasteiger partial charge on any atom is 0.0294 e. The lowest BCUT2D eigenvalue weighted by Crippen LogP contribution is -2.18. The molecule has 0 aromatic heterocycles. The number of rotatable bonds is 4. The molecule has 0 aliphatic heterocycles. The van der Waals surface area contributed by atoms with E-state index in [1.165, 1.54) is 11.1 Å². The number of hydrogen-bond donors (Lipinski definition) is 1. The molecule has 76 valence electrons. The molecule has 0 heterocycles. The van der Waals surface area contributed by atoms with Crippen molar-refractivity contribution in [2.75, 3.05) is 6.54 Å². The molecule has 0 radical (unpaired) electrons. The molecule has 0 amide bonds. The van der Waals surface area contributed by atoms with Crippen molar-refractivity contribution in [2.24, 2.45) is 0 Å². The van der Waals surface area contributed by atoms with E-state index in [0.717, 1.165) is 11.0 Å². The third-order valence-electron chi connectivity index (χ3n) is 2.00. The van der Waals surface area contributed by atoms with E-state index in [0.29, 0.717) is 6.04 Å². The average Bonchev–Trinajstić information content (AvgIpc) is 2.19. The zero-order valence-corrected chi connectivity index (χ0v) is 10.3. The van der Waals surface area contributed by atoms with Gasteiger partial charge in [-0.05, 0) is 24.6 Å². The summed E-state index contributed by atoms with van der Waals surface area (Å²) in [6, 6.07) is 8.64. The number of nitrogens with one attached hydrogen (secondary N) is 1. The molecule has 0 bridgehead atoms. The molecular formula is C11H13BrClN. The predicted octanol–water partition coefficient (Wildman–Crippen LogP) is 3.85. The highest BCUT2D eigenvalue weighted by atomic mass is 79.9. The SMILES string of the molecule is C[C@@H](NC/C=C/Cl)c1ccc(Br)cc1. The van der Waals surface area contributed by atoms with Crippen LogP contribution in [0.3, 0.4) is 0 Å². The molecule has 14 heavy (non-hydrogen) atoms. The van der Waals surface area contributed by atoms with Crippen molar-refractivity contribution in [3.05, 3.63) is 45.9 Å². The Hall–Kier alpha value is -0.310. The molecule has 1 atom stereocenters. The van der Waals surface area contributed by atoms with Gasteiger partial charge in [-0.15, -0.1) is 0 Å². The van der Waals surface area contributed by atoms with Gasteiger partial charge in [0.2, 0.25) is 0 Å². The Morgan fingerprint density at radius 1 is 1.43 bits per heavy atom. The Kier molecular flexibility index (Phi) is 5.23. The summed E-state index contributed by atoms with van der Waals surface area (Å²) in [4.78, 5) is 0. The summed E-state index contributed by atoms with van der Waals surface area (Å²) < 4.78 is 1.11. The number of benzene rings is 1. The van der Waals surface area contributed by atoms with Gasteiger partial charge < -0.3 is 5.32 Å². The molecule has 1 aromatic rings. The lowest BCUT2D eigenvalue weighted by Gasteiger charge is -2.12. The van der Waals surface area contributed by atoms with E-state index in [2.05, 4.69) is 40.3 Å². The van der Waals surface area contributed by atoms with Crippen molar-refractivity contribution in [3.63, 3.8) is 0 Å². The summed E-state index contributed by atoms with van der Waals surface area (Å²) in [6.07, 6.45) is 1.89. The fourth-order valence-corrected chi connectivity index (χ4v) is 1.51. The van der Waals surface area contributed by atoms with Gasteiger partial charge in [0.1, 0.15) is 0 Å². The van der Waals surface area contributed by atoms with Crippen molar-refractivity contribution < 1.29 is 0 Å². The highest BCUT2D eigenvalue weighted by Gasteiger charge is 2.02. The minimum Gasteiger partial charge on any atom is -0.307 e. The highest BCUT2D eigenvalue weighted by Crippen LogP contribution is 2.16. The van der Waals surface area contributed by atoms with Crippen LogP contribution in [0.1, 0.15) is 18.5 Å². The van der Waals surface area contributed by atoms with Crippen LogP contribution >= 0.6 is 27.5 Å². The van der Waals surface area contributed by atoms with Crippen molar-refractivity contribution in [3.8, 4) is 0 Å². The van der Waals surface area contributed by atoms with E-state index in [-0.39, 0.29) is 0 Å². The smallest absolute Gasteiger partial charge is 0.0294 e. The zero-order chi connectivity index (χ0) is 10.4. The van der Waals surface area contributed by atoms with E-state index in [9.17, 15) is 0 Å². The molecule has 0 aliphatic rings. The summed E-state index contributed by atoms with van der Waals surface area (Å²) in [5.41, 5.74) is 2.80. The molecule has 0 spiro atoms. The lowest BCUT2D eigenvalue weighted by molar-refractivity contribution is 0.617. The molecule has 0 saturated carbocycles. The first-order valence-corrected chi connectivity index (χ1v) is 5.71. The Balaban J connectivity index is 2.51. The van der Waals surface area contributed by atoms with Crippen LogP contribution in [0.4, 0.5) is 0 Å². The molecule has 1 N–H and O–H groups in total. The normalized spacial score (nSPS) is 13.4. The van der Waals surface area contributed by atoms with Crippen LogP contribution < -0.4 is 5.32 Å². The van der Waals surface area contributed by atoms with E-state index >= 15 is 0 Å². The Bertz CT molecular complexity index is 295. The van der Waals surface area contributed by atoms with Gasteiger partial charge in [-0.1, -0.05) is 45.7 Å². The van der Waals surface area contributed by atoms with Crippen LogP contribution in [0.5, 0.6) is 0 Å². The first-order valence-electron chi connectivity index (χ1n) is 4.48. The van der Waals surface area contributed by atoms with Crippen molar-refractivity contribution in [2.45, 2.75) is 13.0 Å². The minimum absolute atomic E-state index is 0.343. The first kappa shape index (κ1) is 11.8. The van der Waals surface area contributed by atoms with Gasteiger partial charge in [0.25, 0.3) is 0 Å². The van der Waals surface area contributed by atoms with Crippen LogP contribution in [0, 0.1) is 0 Å². The summed E-state index contributed by atoms with van der Waals surface area (Å²) in [7, 11) is 0. The minimum atomic E-state index is 0.343. The molecule has 3 heteroatoms. The van der Waals surface area contributed by atoms with Crippen LogP contribution in [0.25, 0.3) is 0 Å². The second-order valence-corrected chi connectivity index (χ2v) is 4.21. The Labute approximate surface area is 98.3 Å². The maximum absolute atomic E-state index is 5.43. The molecule has 1 nitrogen and oxygen atoms in total. The highest BCUT2D eigenvalue weighted by molar-refractivity contribution is 9.10. The molecule has 0 aliphatic carbocycles. The van der Waals surface area contributed by atoms with Gasteiger partial charge in [0.05, 0.1) is 0 Å². The second-order valence-electron chi connectivity index (χ2n) is 3.04. The molecule has 1 aromatic carbocycles. The summed E-state index contributed by atoms with van der Waals surface area (Å²) >= 11 is 8.83. The first-order chi connectivity index (χ1) is 6.74. The molecular weight excluding hydrogens is 261 g/mol. The summed E-state index contributed by atoms with van der Waals surface area (Å²) in [5.74, 6) is 0. The monoisotopic (exact) mass is 273 g/mol. The fourth-order valence-electron chi connectivity index (χ4n) is 1.16.